The number of nitrogens with one attached hydrogen (secondary N) is 1. The molecule has 0 radical (unpaired) electrons. The Morgan fingerprint density at radius 3 is 2.53 bits per heavy atom. The number of nitrogens with zero attached hydrogens (tertiary/aromatic N) is 1. The Morgan fingerprint density at radius 2 is 1.82 bits per heavy atom. The van der Waals surface area contributed by atoms with Gasteiger partial charge in [0.2, 0.25) is 5.56 Å². The molecule has 1 aliphatic heterocycles. The Morgan fingerprint density at radius 1 is 1.09 bits per heavy atom. The SMILES string of the molecule is CCOC(=O)C1CCN(C(=O)[C@@H](C)Oc2ccc3c(-c4ccccc4C)cc(=O)[nH]c3c2)CC1. The van der Waals surface area contributed by atoms with E-state index in [1.807, 2.05) is 43.3 Å². The van der Waals surface area contributed by atoms with Crippen LogP contribution in [0.3, 0.4) is 0 Å². The van der Waals surface area contributed by atoms with Crippen LogP contribution in [0.4, 0.5) is 0 Å². The summed E-state index contributed by atoms with van der Waals surface area (Å²) in [6.07, 6.45) is 0.495. The molecule has 1 fully saturated rings. The molecule has 1 N–H and O–H groups in total. The molecule has 1 aromatic heterocycles. The van der Waals surface area contributed by atoms with Crippen molar-refractivity contribution < 1.29 is 19.1 Å². The summed E-state index contributed by atoms with van der Waals surface area (Å²) >= 11 is 0. The van der Waals surface area contributed by atoms with Gasteiger partial charge in [0.15, 0.2) is 6.10 Å². The summed E-state index contributed by atoms with van der Waals surface area (Å²) in [5, 5.41) is 0.904. The third-order valence-corrected chi connectivity index (χ3v) is 6.34. The van der Waals surface area contributed by atoms with Crippen LogP contribution >= 0.6 is 0 Å². The third-order valence-electron chi connectivity index (χ3n) is 6.34. The fourth-order valence-corrected chi connectivity index (χ4v) is 4.52. The number of hydrogen-bond acceptors (Lipinski definition) is 5. The van der Waals surface area contributed by atoms with Crippen molar-refractivity contribution in [2.45, 2.75) is 39.7 Å². The molecule has 178 valence electrons. The highest BCUT2D eigenvalue weighted by Crippen LogP contribution is 2.31. The van der Waals surface area contributed by atoms with E-state index in [4.69, 9.17) is 9.47 Å². The fraction of sp³-hybridized carbons (Fsp3) is 0.370. The molecule has 0 aliphatic carbocycles. The zero-order chi connectivity index (χ0) is 24.2. The molecule has 7 heteroatoms. The number of amides is 1. The van der Waals surface area contributed by atoms with Gasteiger partial charge in [0, 0.05) is 30.6 Å². The number of fused-ring (bicyclic) bond motifs is 1. The van der Waals surface area contributed by atoms with Crippen LogP contribution in [0, 0.1) is 12.8 Å². The van der Waals surface area contributed by atoms with Crippen molar-refractivity contribution in [3.05, 3.63) is 64.4 Å². The first-order chi connectivity index (χ1) is 16.4. The number of rotatable bonds is 6. The van der Waals surface area contributed by atoms with Gasteiger partial charge in [-0.1, -0.05) is 24.3 Å². The first-order valence-electron chi connectivity index (χ1n) is 11.7. The average molecular weight is 463 g/mol. The van der Waals surface area contributed by atoms with Gasteiger partial charge in [0.05, 0.1) is 18.0 Å². The van der Waals surface area contributed by atoms with Gasteiger partial charge in [-0.15, -0.1) is 0 Å². The summed E-state index contributed by atoms with van der Waals surface area (Å²) in [4.78, 5) is 41.8. The average Bonchev–Trinajstić information content (AvgIpc) is 2.83. The molecule has 1 amide bonds. The topological polar surface area (TPSA) is 88.7 Å². The summed E-state index contributed by atoms with van der Waals surface area (Å²) in [6.45, 7) is 6.90. The number of benzene rings is 2. The van der Waals surface area contributed by atoms with E-state index in [1.54, 1.807) is 30.9 Å². The smallest absolute Gasteiger partial charge is 0.309 e. The second-order valence-electron chi connectivity index (χ2n) is 8.68. The molecule has 34 heavy (non-hydrogen) atoms. The molecule has 1 saturated heterocycles. The molecule has 0 bridgehead atoms. The summed E-state index contributed by atoms with van der Waals surface area (Å²) < 4.78 is 11.1. The summed E-state index contributed by atoms with van der Waals surface area (Å²) in [7, 11) is 0. The Hall–Kier alpha value is -3.61. The minimum absolute atomic E-state index is 0.121. The maximum Gasteiger partial charge on any atom is 0.309 e. The molecule has 2 heterocycles. The van der Waals surface area contributed by atoms with E-state index < -0.39 is 6.10 Å². The van der Waals surface area contributed by atoms with E-state index >= 15 is 0 Å². The second-order valence-corrected chi connectivity index (χ2v) is 8.68. The Kier molecular flexibility index (Phi) is 7.01. The highest BCUT2D eigenvalue weighted by atomic mass is 16.5. The normalized spacial score (nSPS) is 15.2. The van der Waals surface area contributed by atoms with Crippen LogP contribution in [0.2, 0.25) is 0 Å². The van der Waals surface area contributed by atoms with Gasteiger partial charge >= 0.3 is 5.97 Å². The van der Waals surface area contributed by atoms with Crippen LogP contribution in [0.25, 0.3) is 22.0 Å². The third kappa shape index (κ3) is 4.98. The molecule has 0 saturated carbocycles. The fourth-order valence-electron chi connectivity index (χ4n) is 4.52. The largest absolute Gasteiger partial charge is 0.481 e. The van der Waals surface area contributed by atoms with E-state index in [1.165, 1.54) is 0 Å². The predicted octanol–water partition coefficient (Wildman–Crippen LogP) is 4.07. The number of likely N-dealkylation sites (tertiary alicyclic amines) is 1. The lowest BCUT2D eigenvalue weighted by Crippen LogP contribution is -2.45. The van der Waals surface area contributed by atoms with Crippen LogP contribution < -0.4 is 10.3 Å². The first kappa shape index (κ1) is 23.5. The molecule has 0 spiro atoms. The Balaban J connectivity index is 1.48. The molecule has 7 nitrogen and oxygen atoms in total. The molecule has 3 aromatic rings. The summed E-state index contributed by atoms with van der Waals surface area (Å²) in [6, 6.07) is 15.0. The monoisotopic (exact) mass is 462 g/mol. The van der Waals surface area contributed by atoms with Crippen molar-refractivity contribution in [3.8, 4) is 16.9 Å². The van der Waals surface area contributed by atoms with Crippen molar-refractivity contribution in [1.29, 1.82) is 0 Å². The number of H-pyrrole nitrogens is 1. The first-order valence-corrected chi connectivity index (χ1v) is 11.7. The lowest BCUT2D eigenvalue weighted by molar-refractivity contribution is -0.152. The molecule has 1 atom stereocenters. The molecular formula is C27H30N2O5. The number of aryl methyl sites for hydroxylation is 1. The number of piperidine rings is 1. The highest BCUT2D eigenvalue weighted by molar-refractivity contribution is 5.95. The van der Waals surface area contributed by atoms with Crippen molar-refractivity contribution in [2.75, 3.05) is 19.7 Å². The van der Waals surface area contributed by atoms with Gasteiger partial charge in [-0.2, -0.15) is 0 Å². The van der Waals surface area contributed by atoms with Crippen molar-refractivity contribution in [2.24, 2.45) is 5.92 Å². The quantitative estimate of drug-likeness (QED) is 0.558. The van der Waals surface area contributed by atoms with Crippen molar-refractivity contribution in [1.82, 2.24) is 9.88 Å². The highest BCUT2D eigenvalue weighted by Gasteiger charge is 2.30. The zero-order valence-corrected chi connectivity index (χ0v) is 19.8. The van der Waals surface area contributed by atoms with E-state index in [2.05, 4.69) is 4.98 Å². The predicted molar refractivity (Wildman–Crippen MR) is 131 cm³/mol. The lowest BCUT2D eigenvalue weighted by Gasteiger charge is -2.32. The van der Waals surface area contributed by atoms with Crippen LogP contribution in [-0.2, 0) is 14.3 Å². The van der Waals surface area contributed by atoms with Crippen LogP contribution in [0.5, 0.6) is 5.75 Å². The van der Waals surface area contributed by atoms with E-state index in [-0.39, 0.29) is 23.4 Å². The molecule has 0 unspecified atom stereocenters. The van der Waals surface area contributed by atoms with E-state index in [0.717, 1.165) is 22.1 Å². The zero-order valence-electron chi connectivity index (χ0n) is 19.8. The Labute approximate surface area is 198 Å². The molecule has 4 rings (SSSR count). The molecule has 1 aliphatic rings. The van der Waals surface area contributed by atoms with Gasteiger partial charge < -0.3 is 19.4 Å². The number of esters is 1. The standard InChI is InChI=1S/C27H30N2O5/c1-4-33-27(32)19-11-13-29(14-12-19)26(31)18(3)34-20-9-10-22-23(16-25(30)28-24(22)15-20)21-8-6-5-7-17(21)2/h5-10,15-16,18-19H,4,11-14H2,1-3H3,(H,28,30)/t18-/m1/s1. The van der Waals surface area contributed by atoms with Gasteiger partial charge in [0.25, 0.3) is 5.91 Å². The minimum atomic E-state index is -0.692. The summed E-state index contributed by atoms with van der Waals surface area (Å²) in [5.41, 5.74) is 3.40. The van der Waals surface area contributed by atoms with E-state index in [0.29, 0.717) is 43.8 Å². The second kappa shape index (κ2) is 10.1. The van der Waals surface area contributed by atoms with E-state index in [9.17, 15) is 14.4 Å². The number of ether oxygens (including phenoxy) is 2. The summed E-state index contributed by atoms with van der Waals surface area (Å²) in [5.74, 6) is 0.0472. The van der Waals surface area contributed by atoms with Gasteiger partial charge in [0.1, 0.15) is 5.75 Å². The van der Waals surface area contributed by atoms with Gasteiger partial charge in [-0.05, 0) is 62.4 Å². The van der Waals surface area contributed by atoms with Gasteiger partial charge in [-0.25, -0.2) is 0 Å². The number of hydrogen-bond donors (Lipinski definition) is 1. The van der Waals surface area contributed by atoms with Gasteiger partial charge in [-0.3, -0.25) is 14.4 Å². The maximum atomic E-state index is 12.9. The number of carbonyl (C=O) groups excluding carboxylic acids is 2. The number of carbonyl (C=O) groups is 2. The lowest BCUT2D eigenvalue weighted by atomic mass is 9.96. The van der Waals surface area contributed by atoms with Crippen LogP contribution in [-0.4, -0.2) is 47.6 Å². The van der Waals surface area contributed by atoms with Crippen LogP contribution in [0.15, 0.2) is 53.3 Å². The number of pyridine rings is 1. The number of aromatic amines is 1. The van der Waals surface area contributed by atoms with Crippen molar-refractivity contribution >= 4 is 22.8 Å². The maximum absolute atomic E-state index is 12.9. The Bertz CT molecular complexity index is 1260. The molecular weight excluding hydrogens is 432 g/mol. The minimum Gasteiger partial charge on any atom is -0.481 e. The van der Waals surface area contributed by atoms with Crippen molar-refractivity contribution in [3.63, 3.8) is 0 Å². The number of aromatic nitrogens is 1. The van der Waals surface area contributed by atoms with Crippen LogP contribution in [0.1, 0.15) is 32.3 Å². The molecule has 2 aromatic carbocycles.